The lowest BCUT2D eigenvalue weighted by molar-refractivity contribution is -0.870. The van der Waals surface area contributed by atoms with Crippen LogP contribution in [0.1, 0.15) is 12.0 Å². The molecule has 0 saturated heterocycles. The lowest BCUT2D eigenvalue weighted by Crippen LogP contribution is -2.48. The van der Waals surface area contributed by atoms with Crippen LogP contribution in [0, 0.1) is 0 Å². The Kier molecular flexibility index (Phi) is 14.2. The molecule has 1 unspecified atom stereocenters. The molecule has 2 N–H and O–H groups in total. The Morgan fingerprint density at radius 1 is 1.16 bits per heavy atom. The van der Waals surface area contributed by atoms with Crippen molar-refractivity contribution >= 4 is 81.3 Å². The largest absolute Gasteiger partial charge is 0.542 e. The van der Waals surface area contributed by atoms with Crippen molar-refractivity contribution in [3.63, 3.8) is 0 Å². The summed E-state index contributed by atoms with van der Waals surface area (Å²) in [6.07, 6.45) is -2.81. The van der Waals surface area contributed by atoms with E-state index in [1.165, 1.54) is 25.0 Å². The number of carboxylic acids is 1. The predicted octanol–water partition coefficient (Wildman–Crippen LogP) is 3.65. The third-order valence-corrected chi connectivity index (χ3v) is 8.23. The number of amides is 1. The summed E-state index contributed by atoms with van der Waals surface area (Å²) in [7, 11) is 8.03. The number of nitrogens with zero attached hydrogens (tertiary/aromatic N) is 2. The number of rotatable bonds is 10. The van der Waals surface area contributed by atoms with E-state index in [1.807, 2.05) is 0 Å². The summed E-state index contributed by atoms with van der Waals surface area (Å²) in [4.78, 5) is 26.8. The van der Waals surface area contributed by atoms with Gasteiger partial charge in [0.1, 0.15) is 24.1 Å². The van der Waals surface area contributed by atoms with E-state index in [2.05, 4.69) is 107 Å². The molecule has 0 saturated carbocycles. The fraction of sp³-hybridized carbons (Fsp3) is 0.500. The van der Waals surface area contributed by atoms with Crippen molar-refractivity contribution in [1.29, 1.82) is 0 Å². The number of carboxylic acid groups (broad SMARTS) is 1. The molecule has 3 atom stereocenters. The van der Waals surface area contributed by atoms with Crippen LogP contribution in [0.15, 0.2) is 47.5 Å². The van der Waals surface area contributed by atoms with Crippen LogP contribution in [-0.2, 0) is 30.3 Å². The molecule has 1 spiro atoms. The van der Waals surface area contributed by atoms with Gasteiger partial charge in [-0.2, -0.15) is 13.2 Å². The van der Waals surface area contributed by atoms with Gasteiger partial charge < -0.3 is 43.9 Å². The molecule has 2 heterocycles. The summed E-state index contributed by atoms with van der Waals surface area (Å²) in [6.45, 7) is 1.71. The number of quaternary nitrogens is 1. The first-order valence-corrected chi connectivity index (χ1v) is 15.8. The van der Waals surface area contributed by atoms with Crippen LogP contribution >= 0.6 is 63.7 Å². The van der Waals surface area contributed by atoms with E-state index in [1.54, 1.807) is 0 Å². The number of oxime groups is 1. The highest BCUT2D eigenvalue weighted by molar-refractivity contribution is 9.12. The minimum atomic E-state index is -5.19. The monoisotopic (exact) mass is 885 g/mol. The number of carbonyl (C=O) groups excluding carboxylic acids is 2. The summed E-state index contributed by atoms with van der Waals surface area (Å²) in [6, 6.07) is 4.13. The molecular weight excluding hydrogens is 859 g/mol. The Bertz CT molecular complexity index is 1280. The van der Waals surface area contributed by atoms with Crippen molar-refractivity contribution in [2.45, 2.75) is 37.0 Å². The third-order valence-electron chi connectivity index (χ3n) is 5.80. The number of hydrogen-bond acceptors (Lipinski definition) is 9. The van der Waals surface area contributed by atoms with Gasteiger partial charge >= 0.3 is 12.0 Å². The van der Waals surface area contributed by atoms with Crippen molar-refractivity contribution < 1.29 is 56.5 Å². The number of halogens is 7. The lowest BCUT2D eigenvalue weighted by Gasteiger charge is -2.25. The van der Waals surface area contributed by atoms with Gasteiger partial charge in [-0.15, -0.1) is 0 Å². The molecule has 44 heavy (non-hydrogen) atoms. The average molecular weight is 889 g/mol. The molecule has 0 bridgehead atoms. The lowest BCUT2D eigenvalue weighted by atomic mass is 10.0. The number of alkyl halides is 3. The van der Waals surface area contributed by atoms with Crippen LogP contribution in [0.2, 0.25) is 0 Å². The van der Waals surface area contributed by atoms with E-state index in [0.29, 0.717) is 34.3 Å². The zero-order chi connectivity index (χ0) is 33.5. The van der Waals surface area contributed by atoms with Crippen LogP contribution in [0.5, 0.6) is 5.75 Å². The van der Waals surface area contributed by atoms with Crippen molar-refractivity contribution in [2.24, 2.45) is 5.16 Å². The SMILES string of the molecule is COC1C(Br)=CO[C@@]2(C=C1Br)ON=C(C(=O)NCCCOc1c(Br)cc(CC[N+](C)(C)C)cc1Br)[C@@H]2O.O=C([O-])C(F)(F)F. The number of nitrogens with one attached hydrogen (secondary N) is 1. The number of carbonyl (C=O) groups is 2. The summed E-state index contributed by atoms with van der Waals surface area (Å²) in [5.41, 5.74) is 1.02. The summed E-state index contributed by atoms with van der Waals surface area (Å²) in [5.74, 6) is -4.54. The Balaban J connectivity index is 0.000000860. The molecule has 0 radical (unpaired) electrons. The molecule has 1 amide bonds. The Labute approximate surface area is 285 Å². The topological polar surface area (TPSA) is 139 Å². The van der Waals surface area contributed by atoms with Crippen LogP contribution in [0.4, 0.5) is 13.2 Å². The predicted molar refractivity (Wildman–Crippen MR) is 166 cm³/mol. The highest BCUT2D eigenvalue weighted by Crippen LogP contribution is 2.38. The van der Waals surface area contributed by atoms with E-state index >= 15 is 0 Å². The molecule has 3 rings (SSSR count). The van der Waals surface area contributed by atoms with Crippen LogP contribution in [0.3, 0.4) is 0 Å². The molecular formula is C26H30Br4F3N3O8. The van der Waals surface area contributed by atoms with Gasteiger partial charge in [-0.25, -0.2) is 0 Å². The first-order valence-electron chi connectivity index (χ1n) is 12.7. The number of aliphatic hydroxyl groups is 1. The molecule has 2 aliphatic heterocycles. The summed E-state index contributed by atoms with van der Waals surface area (Å²) in [5, 5.41) is 26.1. The first kappa shape index (κ1) is 38.5. The van der Waals surface area contributed by atoms with Crippen LogP contribution < -0.4 is 15.2 Å². The number of aliphatic carboxylic acids is 1. The molecule has 2 aliphatic rings. The minimum Gasteiger partial charge on any atom is -0.542 e. The first-order chi connectivity index (χ1) is 20.3. The van der Waals surface area contributed by atoms with Crippen molar-refractivity contribution in [2.75, 3.05) is 47.9 Å². The number of methoxy groups -OCH3 is 1. The number of ether oxygens (including phenoxy) is 3. The summed E-state index contributed by atoms with van der Waals surface area (Å²) >= 11 is 14.0. The van der Waals surface area contributed by atoms with Gasteiger partial charge in [-0.3, -0.25) is 4.79 Å². The van der Waals surface area contributed by atoms with Gasteiger partial charge in [0.2, 0.25) is 0 Å². The molecule has 0 aliphatic carbocycles. The fourth-order valence-corrected chi connectivity index (χ4v) is 6.63. The fourth-order valence-electron chi connectivity index (χ4n) is 3.53. The maximum atomic E-state index is 12.7. The van der Waals surface area contributed by atoms with Gasteiger partial charge in [0.05, 0.1) is 47.7 Å². The molecule has 18 heteroatoms. The highest BCUT2D eigenvalue weighted by atomic mass is 79.9. The Morgan fingerprint density at radius 2 is 1.75 bits per heavy atom. The van der Waals surface area contributed by atoms with Crippen molar-refractivity contribution in [3.05, 3.63) is 47.9 Å². The van der Waals surface area contributed by atoms with Gasteiger partial charge in [-0.1, -0.05) is 21.1 Å². The van der Waals surface area contributed by atoms with E-state index in [9.17, 15) is 23.1 Å². The van der Waals surface area contributed by atoms with Crippen LogP contribution in [-0.4, -0.2) is 99.3 Å². The minimum absolute atomic E-state index is 0.187. The highest BCUT2D eigenvalue weighted by Gasteiger charge is 2.52. The van der Waals surface area contributed by atoms with E-state index in [4.69, 9.17) is 28.9 Å². The van der Waals surface area contributed by atoms with Gasteiger partial charge in [0.15, 0.2) is 11.8 Å². The second-order valence-corrected chi connectivity index (χ2v) is 13.9. The molecule has 246 valence electrons. The van der Waals surface area contributed by atoms with E-state index in [0.717, 1.165) is 26.4 Å². The van der Waals surface area contributed by atoms with Gasteiger partial charge in [-0.05, 0) is 71.9 Å². The number of hydrogen-bond donors (Lipinski definition) is 2. The number of benzene rings is 1. The number of aliphatic hydroxyl groups excluding tert-OH is 1. The standard InChI is InChI=1S/C24H29Br4N3O6.C2HF3O2/c1-31(2,3)8-6-14-10-15(25)21(16(26)11-14)35-9-5-7-29-23(33)19-22(32)24(37-30-19)12-17(27)20(34-4)18(28)13-36-24;3-2(4,5)1(6)7/h10-13,20,22,32H,5-9H2,1-4H3;(H,6,7)/t20?,22-,24-;/m0./s1. The molecule has 1 aromatic carbocycles. The van der Waals surface area contributed by atoms with Crippen molar-refractivity contribution in [1.82, 2.24) is 5.32 Å². The maximum Gasteiger partial charge on any atom is 0.430 e. The van der Waals surface area contributed by atoms with Gasteiger partial charge in [0, 0.05) is 30.6 Å². The van der Waals surface area contributed by atoms with Gasteiger partial charge in [0.25, 0.3) is 5.91 Å². The zero-order valence-electron chi connectivity index (χ0n) is 23.8. The third kappa shape index (κ3) is 11.0. The van der Waals surface area contributed by atoms with E-state index in [-0.39, 0.29) is 5.71 Å². The molecule has 1 aromatic rings. The average Bonchev–Trinajstić information content (AvgIpc) is 3.15. The van der Waals surface area contributed by atoms with Crippen molar-refractivity contribution in [3.8, 4) is 5.75 Å². The molecule has 0 aromatic heterocycles. The normalized spacial score (nSPS) is 21.5. The maximum absolute atomic E-state index is 12.7. The molecule has 11 nitrogen and oxygen atoms in total. The second-order valence-electron chi connectivity index (χ2n) is 10.4. The molecule has 0 fully saturated rings. The smallest absolute Gasteiger partial charge is 0.430 e. The zero-order valence-corrected chi connectivity index (χ0v) is 30.2. The van der Waals surface area contributed by atoms with Crippen LogP contribution in [0.25, 0.3) is 0 Å². The van der Waals surface area contributed by atoms with E-state index < -0.39 is 36.0 Å². The number of likely N-dealkylation sites (N-methyl/N-ethyl adjacent to an activating group) is 1. The quantitative estimate of drug-likeness (QED) is 0.269. The Morgan fingerprint density at radius 3 is 2.27 bits per heavy atom. The summed E-state index contributed by atoms with van der Waals surface area (Å²) < 4.78 is 52.2. The Hall–Kier alpha value is -1.70. The second kappa shape index (κ2) is 16.2.